The minimum Gasteiger partial charge on any atom is -0.339 e. The smallest absolute Gasteiger partial charge is 0.237 e. The Kier molecular flexibility index (Phi) is 5.96. The number of halogens is 1. The van der Waals surface area contributed by atoms with E-state index in [1.54, 1.807) is 12.1 Å². The third-order valence-electron chi connectivity index (χ3n) is 8.25. The number of hydrogen-bond acceptors (Lipinski definition) is 2. The van der Waals surface area contributed by atoms with E-state index in [2.05, 4.69) is 0 Å². The lowest BCUT2D eigenvalue weighted by Crippen LogP contribution is -2.57. The van der Waals surface area contributed by atoms with Gasteiger partial charge in [-0.2, -0.15) is 0 Å². The summed E-state index contributed by atoms with van der Waals surface area (Å²) in [4.78, 5) is 31.1. The molecule has 0 aliphatic carbocycles. The number of amides is 2. The average Bonchev–Trinajstić information content (AvgIpc) is 3.28. The van der Waals surface area contributed by atoms with Gasteiger partial charge in [0.2, 0.25) is 11.8 Å². The molecule has 35 heavy (non-hydrogen) atoms. The number of likely N-dealkylation sites (N-methyl/N-ethyl adjacent to an activating group) is 1. The molecule has 2 saturated heterocycles. The zero-order chi connectivity index (χ0) is 24.6. The number of carbonyl (C=O) groups is 2. The van der Waals surface area contributed by atoms with Crippen LogP contribution in [0.4, 0.5) is 4.39 Å². The van der Waals surface area contributed by atoms with Gasteiger partial charge in [-0.25, -0.2) is 4.39 Å². The average molecular weight is 471 g/mol. The molecule has 3 aromatic rings. The maximum absolute atomic E-state index is 14.5. The first-order chi connectivity index (χ1) is 16.9. The fourth-order valence-electron chi connectivity index (χ4n) is 6.16. The molecule has 0 radical (unpaired) electrons. The lowest BCUT2D eigenvalue weighted by molar-refractivity contribution is -0.142. The van der Waals surface area contributed by atoms with Crippen molar-refractivity contribution in [3.8, 4) is 0 Å². The number of benzene rings is 3. The molecule has 1 spiro atoms. The van der Waals surface area contributed by atoms with Gasteiger partial charge in [0.15, 0.2) is 0 Å². The maximum atomic E-state index is 14.5. The van der Waals surface area contributed by atoms with Crippen molar-refractivity contribution in [2.75, 3.05) is 20.1 Å². The molecule has 5 heteroatoms. The predicted octanol–water partition coefficient (Wildman–Crippen LogP) is 5.14. The third kappa shape index (κ3) is 3.83. The monoisotopic (exact) mass is 470 g/mol. The highest BCUT2D eigenvalue weighted by atomic mass is 19.1. The number of piperidine rings is 1. The third-order valence-corrected chi connectivity index (χ3v) is 8.25. The molecule has 2 fully saturated rings. The van der Waals surface area contributed by atoms with Gasteiger partial charge in [-0.05, 0) is 48.6 Å². The van der Waals surface area contributed by atoms with Crippen LogP contribution in [0, 0.1) is 5.82 Å². The Morgan fingerprint density at radius 2 is 1.51 bits per heavy atom. The molecule has 2 atom stereocenters. The summed E-state index contributed by atoms with van der Waals surface area (Å²) in [6, 6.07) is 26.3. The normalized spacial score (nSPS) is 22.6. The lowest BCUT2D eigenvalue weighted by Gasteiger charge is -2.46. The van der Waals surface area contributed by atoms with E-state index in [4.69, 9.17) is 0 Å². The summed E-state index contributed by atoms with van der Waals surface area (Å²) in [6.07, 6.45) is 2.13. The van der Waals surface area contributed by atoms with E-state index in [1.807, 2.05) is 84.4 Å². The van der Waals surface area contributed by atoms with Gasteiger partial charge >= 0.3 is 0 Å². The molecule has 0 unspecified atom stereocenters. The molecule has 2 heterocycles. The minimum absolute atomic E-state index is 0.0188. The molecule has 0 aromatic heterocycles. The van der Waals surface area contributed by atoms with Crippen LogP contribution in [0.25, 0.3) is 0 Å². The van der Waals surface area contributed by atoms with Gasteiger partial charge in [0.05, 0.1) is 11.0 Å². The Morgan fingerprint density at radius 3 is 2.09 bits per heavy atom. The predicted molar refractivity (Wildman–Crippen MR) is 134 cm³/mol. The van der Waals surface area contributed by atoms with E-state index in [-0.39, 0.29) is 23.5 Å². The summed E-state index contributed by atoms with van der Waals surface area (Å²) in [5.74, 6) is -0.253. The van der Waals surface area contributed by atoms with E-state index in [1.165, 1.54) is 12.1 Å². The van der Waals surface area contributed by atoms with Crippen molar-refractivity contribution in [2.45, 2.75) is 43.1 Å². The van der Waals surface area contributed by atoms with Crippen molar-refractivity contribution < 1.29 is 14.0 Å². The molecular weight excluding hydrogens is 439 g/mol. The van der Waals surface area contributed by atoms with Crippen LogP contribution in [0.1, 0.15) is 48.8 Å². The molecule has 2 aliphatic rings. The molecular formula is C30H31FN2O2. The van der Waals surface area contributed by atoms with Crippen LogP contribution in [0.2, 0.25) is 0 Å². The van der Waals surface area contributed by atoms with Gasteiger partial charge in [-0.15, -0.1) is 0 Å². The Balaban J connectivity index is 1.59. The molecule has 5 rings (SSSR count). The summed E-state index contributed by atoms with van der Waals surface area (Å²) in [5, 5.41) is 0. The highest BCUT2D eigenvalue weighted by Crippen LogP contribution is 2.47. The number of carbonyl (C=O) groups excluding carboxylic acids is 2. The van der Waals surface area contributed by atoms with Crippen LogP contribution in [-0.2, 0) is 15.0 Å². The van der Waals surface area contributed by atoms with Crippen molar-refractivity contribution in [1.82, 2.24) is 9.80 Å². The van der Waals surface area contributed by atoms with Crippen molar-refractivity contribution in [3.05, 3.63) is 107 Å². The zero-order valence-electron chi connectivity index (χ0n) is 20.3. The molecule has 0 bridgehead atoms. The summed E-state index contributed by atoms with van der Waals surface area (Å²) in [7, 11) is 1.86. The second kappa shape index (κ2) is 8.95. The quantitative estimate of drug-likeness (QED) is 0.530. The zero-order valence-corrected chi connectivity index (χ0v) is 20.3. The van der Waals surface area contributed by atoms with Crippen molar-refractivity contribution in [3.63, 3.8) is 0 Å². The summed E-state index contributed by atoms with van der Waals surface area (Å²) >= 11 is 0. The standard InChI is InChI=1S/C30H31FN2O2/c1-29(23-10-5-3-6-11-23,24-12-7-4-8-13-24)28(35)33-20-26(22-15-17-25(31)18-16-22)30(21-33)19-9-14-27(34)32(30)2/h3-8,10-13,15-18,26H,9,14,19-21H2,1-2H3/t26-,30+/m0/s1. The first kappa shape index (κ1) is 23.3. The first-order valence-corrected chi connectivity index (χ1v) is 12.3. The lowest BCUT2D eigenvalue weighted by atomic mass is 9.74. The molecule has 4 nitrogen and oxygen atoms in total. The van der Waals surface area contributed by atoms with Crippen LogP contribution in [0.5, 0.6) is 0 Å². The van der Waals surface area contributed by atoms with Crippen molar-refractivity contribution >= 4 is 11.8 Å². The van der Waals surface area contributed by atoms with Gasteiger partial charge in [0.25, 0.3) is 0 Å². The van der Waals surface area contributed by atoms with E-state index in [0.29, 0.717) is 19.5 Å². The summed E-state index contributed by atoms with van der Waals surface area (Å²) < 4.78 is 13.8. The molecule has 0 N–H and O–H groups in total. The SMILES string of the molecule is CN1C(=O)CCC[C@]12CN(C(=O)C(C)(c1ccccc1)c1ccccc1)C[C@H]2c1ccc(F)cc1. The van der Waals surface area contributed by atoms with Crippen molar-refractivity contribution in [2.24, 2.45) is 0 Å². The van der Waals surface area contributed by atoms with Crippen LogP contribution < -0.4 is 0 Å². The van der Waals surface area contributed by atoms with Crippen LogP contribution in [0.15, 0.2) is 84.9 Å². The van der Waals surface area contributed by atoms with Gasteiger partial charge in [-0.1, -0.05) is 72.8 Å². The topological polar surface area (TPSA) is 40.6 Å². The molecule has 180 valence electrons. The highest BCUT2D eigenvalue weighted by Gasteiger charge is 2.55. The van der Waals surface area contributed by atoms with Gasteiger partial charge in [0, 0.05) is 32.5 Å². The molecule has 2 aliphatic heterocycles. The maximum Gasteiger partial charge on any atom is 0.237 e. The molecule has 0 saturated carbocycles. The second-order valence-corrected chi connectivity index (χ2v) is 10.1. The van der Waals surface area contributed by atoms with E-state index >= 15 is 0 Å². The Labute approximate surface area is 206 Å². The second-order valence-electron chi connectivity index (χ2n) is 10.1. The molecule has 2 amide bonds. The van der Waals surface area contributed by atoms with Gasteiger partial charge in [0.1, 0.15) is 5.82 Å². The van der Waals surface area contributed by atoms with Crippen LogP contribution >= 0.6 is 0 Å². The summed E-state index contributed by atoms with van der Waals surface area (Å²) in [6.45, 7) is 2.94. The fraction of sp³-hybridized carbons (Fsp3) is 0.333. The van der Waals surface area contributed by atoms with E-state index in [9.17, 15) is 14.0 Å². The number of hydrogen-bond donors (Lipinski definition) is 0. The minimum atomic E-state index is -0.876. The van der Waals surface area contributed by atoms with Gasteiger partial charge in [-0.3, -0.25) is 9.59 Å². The summed E-state index contributed by atoms with van der Waals surface area (Å²) in [5.41, 5.74) is 1.45. The highest BCUT2D eigenvalue weighted by molar-refractivity contribution is 5.92. The first-order valence-electron chi connectivity index (χ1n) is 12.3. The Bertz CT molecular complexity index is 1170. The largest absolute Gasteiger partial charge is 0.339 e. The van der Waals surface area contributed by atoms with Gasteiger partial charge < -0.3 is 9.80 Å². The number of likely N-dealkylation sites (tertiary alicyclic amines) is 2. The molecule has 3 aromatic carbocycles. The van der Waals surface area contributed by atoms with Crippen LogP contribution in [0.3, 0.4) is 0 Å². The number of rotatable bonds is 4. The van der Waals surface area contributed by atoms with E-state index < -0.39 is 11.0 Å². The Hall–Kier alpha value is -3.47. The van der Waals surface area contributed by atoms with Crippen LogP contribution in [-0.4, -0.2) is 47.3 Å². The van der Waals surface area contributed by atoms with Crippen molar-refractivity contribution in [1.29, 1.82) is 0 Å². The fourth-order valence-corrected chi connectivity index (χ4v) is 6.16. The Morgan fingerprint density at radius 1 is 0.943 bits per heavy atom. The number of nitrogens with zero attached hydrogens (tertiary/aromatic N) is 2. The van der Waals surface area contributed by atoms with E-state index in [0.717, 1.165) is 29.5 Å².